The van der Waals surface area contributed by atoms with Gasteiger partial charge in [-0.2, -0.15) is 5.26 Å². The molecule has 0 radical (unpaired) electrons. The minimum Gasteiger partial charge on any atom is -0.427 e. The molecular formula is C13H11N3O4. The standard InChI is InChI=1S/C13H11N3O4/c1-8(17)20-11-4-2-9(3-5-11)12(18)15-13(19)16-7-10(16)6-14/h2-5,10H,7H2,1H3,(H,15,18,19). The maximum absolute atomic E-state index is 11.8. The third-order valence-electron chi connectivity index (χ3n) is 2.62. The normalized spacial score (nSPS) is 16.0. The molecular weight excluding hydrogens is 262 g/mol. The molecule has 1 fully saturated rings. The second kappa shape index (κ2) is 5.40. The molecule has 0 bridgehead atoms. The van der Waals surface area contributed by atoms with Gasteiger partial charge in [0.2, 0.25) is 0 Å². The molecule has 1 aliphatic rings. The first kappa shape index (κ1) is 13.5. The molecule has 1 aromatic carbocycles. The van der Waals surface area contributed by atoms with Crippen molar-refractivity contribution in [2.45, 2.75) is 13.0 Å². The number of hydrogen-bond acceptors (Lipinski definition) is 5. The Hall–Kier alpha value is -2.88. The molecule has 1 atom stereocenters. The van der Waals surface area contributed by atoms with Crippen molar-refractivity contribution < 1.29 is 19.1 Å². The van der Waals surface area contributed by atoms with Gasteiger partial charge in [0.1, 0.15) is 11.8 Å². The fourth-order valence-electron chi connectivity index (χ4n) is 1.56. The number of esters is 1. The summed E-state index contributed by atoms with van der Waals surface area (Å²) in [7, 11) is 0. The summed E-state index contributed by atoms with van der Waals surface area (Å²) in [6.45, 7) is 1.61. The van der Waals surface area contributed by atoms with E-state index in [1.807, 2.05) is 6.07 Å². The van der Waals surface area contributed by atoms with E-state index in [9.17, 15) is 14.4 Å². The molecule has 3 amide bonds. The molecule has 1 aliphatic heterocycles. The van der Waals surface area contributed by atoms with Gasteiger partial charge in [-0.05, 0) is 24.3 Å². The Kier molecular flexibility index (Phi) is 3.66. The SMILES string of the molecule is CC(=O)Oc1ccc(C(=O)NC(=O)N2CC2C#N)cc1. The van der Waals surface area contributed by atoms with Crippen molar-refractivity contribution in [3.63, 3.8) is 0 Å². The highest BCUT2D eigenvalue weighted by atomic mass is 16.5. The molecule has 7 heteroatoms. The van der Waals surface area contributed by atoms with E-state index in [0.717, 1.165) is 0 Å². The number of benzene rings is 1. The Morgan fingerprint density at radius 3 is 2.50 bits per heavy atom. The Balaban J connectivity index is 1.94. The second-order valence-corrected chi connectivity index (χ2v) is 4.17. The smallest absolute Gasteiger partial charge is 0.325 e. The lowest BCUT2D eigenvalue weighted by Crippen LogP contribution is -2.34. The maximum Gasteiger partial charge on any atom is 0.325 e. The zero-order chi connectivity index (χ0) is 14.7. The minimum absolute atomic E-state index is 0.254. The Morgan fingerprint density at radius 2 is 2.00 bits per heavy atom. The zero-order valence-electron chi connectivity index (χ0n) is 10.6. The van der Waals surface area contributed by atoms with Gasteiger partial charge < -0.3 is 9.64 Å². The molecule has 1 aromatic rings. The summed E-state index contributed by atoms with van der Waals surface area (Å²) in [5.74, 6) is -0.717. The topological polar surface area (TPSA) is 99.3 Å². The second-order valence-electron chi connectivity index (χ2n) is 4.17. The van der Waals surface area contributed by atoms with Crippen molar-refractivity contribution in [1.29, 1.82) is 5.26 Å². The van der Waals surface area contributed by atoms with Crippen LogP contribution in [0.25, 0.3) is 0 Å². The average Bonchev–Trinajstić information content (AvgIpc) is 3.18. The molecule has 1 heterocycles. The van der Waals surface area contributed by atoms with Gasteiger partial charge in [0.25, 0.3) is 5.91 Å². The highest BCUT2D eigenvalue weighted by molar-refractivity contribution is 6.04. The van der Waals surface area contributed by atoms with E-state index in [4.69, 9.17) is 10.00 Å². The Morgan fingerprint density at radius 1 is 1.35 bits per heavy atom. The van der Waals surface area contributed by atoms with Crippen LogP contribution in [0.3, 0.4) is 0 Å². The number of nitrogens with zero attached hydrogens (tertiary/aromatic N) is 2. The summed E-state index contributed by atoms with van der Waals surface area (Å²) in [6.07, 6.45) is 0. The van der Waals surface area contributed by atoms with Crippen LogP contribution in [0.1, 0.15) is 17.3 Å². The van der Waals surface area contributed by atoms with Crippen LogP contribution < -0.4 is 10.1 Å². The van der Waals surface area contributed by atoms with Crippen LogP contribution >= 0.6 is 0 Å². The van der Waals surface area contributed by atoms with Crippen LogP contribution in [0.2, 0.25) is 0 Å². The van der Waals surface area contributed by atoms with E-state index < -0.39 is 23.9 Å². The number of nitriles is 1. The number of ether oxygens (including phenoxy) is 1. The summed E-state index contributed by atoms with van der Waals surface area (Å²) >= 11 is 0. The Labute approximate surface area is 114 Å². The summed E-state index contributed by atoms with van der Waals surface area (Å²) in [5, 5.41) is 10.8. The number of nitrogens with one attached hydrogen (secondary N) is 1. The van der Waals surface area contributed by atoms with E-state index in [0.29, 0.717) is 12.3 Å². The van der Waals surface area contributed by atoms with Crippen molar-refractivity contribution in [3.8, 4) is 11.8 Å². The quantitative estimate of drug-likeness (QED) is 0.485. The molecule has 0 aromatic heterocycles. The number of hydrogen-bond donors (Lipinski definition) is 1. The van der Waals surface area contributed by atoms with Crippen LogP contribution in [0.15, 0.2) is 24.3 Å². The van der Waals surface area contributed by atoms with Crippen LogP contribution in [0, 0.1) is 11.3 Å². The third kappa shape index (κ3) is 3.11. The van der Waals surface area contributed by atoms with Gasteiger partial charge in [-0.25, -0.2) is 4.79 Å². The number of rotatable bonds is 2. The predicted molar refractivity (Wildman–Crippen MR) is 66.7 cm³/mol. The minimum atomic E-state index is -0.592. The molecule has 1 unspecified atom stereocenters. The zero-order valence-corrected chi connectivity index (χ0v) is 10.6. The van der Waals surface area contributed by atoms with Crippen LogP contribution in [0.4, 0.5) is 4.79 Å². The molecule has 0 aliphatic carbocycles. The van der Waals surface area contributed by atoms with Crippen molar-refractivity contribution >= 4 is 17.9 Å². The summed E-state index contributed by atoms with van der Waals surface area (Å²) in [6, 6.07) is 6.65. The van der Waals surface area contributed by atoms with Gasteiger partial charge in [-0.1, -0.05) is 0 Å². The fraction of sp³-hybridized carbons (Fsp3) is 0.231. The van der Waals surface area contributed by atoms with Gasteiger partial charge in [0, 0.05) is 12.5 Å². The fourth-order valence-corrected chi connectivity index (χ4v) is 1.56. The molecule has 0 saturated carbocycles. The largest absolute Gasteiger partial charge is 0.427 e. The first-order valence-corrected chi connectivity index (χ1v) is 5.81. The van der Waals surface area contributed by atoms with E-state index in [-0.39, 0.29) is 5.56 Å². The van der Waals surface area contributed by atoms with Crippen molar-refractivity contribution in [2.75, 3.05) is 6.54 Å². The van der Waals surface area contributed by atoms with E-state index in [1.165, 1.54) is 36.1 Å². The van der Waals surface area contributed by atoms with Gasteiger partial charge >= 0.3 is 12.0 Å². The third-order valence-corrected chi connectivity index (χ3v) is 2.62. The molecule has 1 saturated heterocycles. The van der Waals surface area contributed by atoms with Crippen molar-refractivity contribution in [3.05, 3.63) is 29.8 Å². The van der Waals surface area contributed by atoms with Crippen LogP contribution in [0.5, 0.6) is 5.75 Å². The van der Waals surface area contributed by atoms with E-state index in [1.54, 1.807) is 0 Å². The average molecular weight is 273 g/mol. The highest BCUT2D eigenvalue weighted by Gasteiger charge is 2.39. The monoisotopic (exact) mass is 273 g/mol. The number of carbonyl (C=O) groups excluding carboxylic acids is 3. The molecule has 1 N–H and O–H groups in total. The number of imide groups is 1. The van der Waals surface area contributed by atoms with Gasteiger partial charge in [-0.15, -0.1) is 0 Å². The lowest BCUT2D eigenvalue weighted by atomic mass is 10.2. The van der Waals surface area contributed by atoms with Crippen LogP contribution in [-0.4, -0.2) is 35.4 Å². The maximum atomic E-state index is 11.8. The summed E-state index contributed by atoms with van der Waals surface area (Å²) in [5.41, 5.74) is 0.254. The number of amides is 3. The van der Waals surface area contributed by atoms with Gasteiger partial charge in [0.05, 0.1) is 12.6 Å². The van der Waals surface area contributed by atoms with Crippen molar-refractivity contribution in [1.82, 2.24) is 10.2 Å². The summed E-state index contributed by atoms with van der Waals surface area (Å²) in [4.78, 5) is 35.3. The lowest BCUT2D eigenvalue weighted by molar-refractivity contribution is -0.131. The van der Waals surface area contributed by atoms with Crippen molar-refractivity contribution in [2.24, 2.45) is 0 Å². The highest BCUT2D eigenvalue weighted by Crippen LogP contribution is 2.16. The van der Waals surface area contributed by atoms with E-state index in [2.05, 4.69) is 5.32 Å². The van der Waals surface area contributed by atoms with Gasteiger partial charge in [-0.3, -0.25) is 14.9 Å². The first-order chi connectivity index (χ1) is 9.51. The van der Waals surface area contributed by atoms with E-state index >= 15 is 0 Å². The lowest BCUT2D eigenvalue weighted by Gasteiger charge is -2.05. The molecule has 2 rings (SSSR count). The Bertz CT molecular complexity index is 603. The summed E-state index contributed by atoms with van der Waals surface area (Å²) < 4.78 is 4.83. The molecule has 7 nitrogen and oxygen atoms in total. The van der Waals surface area contributed by atoms with Crippen LogP contribution in [-0.2, 0) is 4.79 Å². The molecule has 20 heavy (non-hydrogen) atoms. The number of carbonyl (C=O) groups is 3. The van der Waals surface area contributed by atoms with Gasteiger partial charge in [0.15, 0.2) is 0 Å². The first-order valence-electron chi connectivity index (χ1n) is 5.81. The predicted octanol–water partition coefficient (Wildman–Crippen LogP) is 0.669. The number of urea groups is 1. The molecule has 102 valence electrons. The molecule has 0 spiro atoms.